The average molecular weight is 485 g/mol. The van der Waals surface area contributed by atoms with Crippen LogP contribution in [-0.2, 0) is 38.8 Å². The lowest BCUT2D eigenvalue weighted by molar-refractivity contribution is -0.152. The molecule has 2 aromatic rings. The number of carbonyl (C=O) groups excluding carboxylic acids is 2. The number of hydrogen-bond donors (Lipinski definition) is 1. The predicted molar refractivity (Wildman–Crippen MR) is 127 cm³/mol. The molecule has 1 saturated heterocycles. The lowest BCUT2D eigenvalue weighted by Gasteiger charge is -2.36. The van der Waals surface area contributed by atoms with E-state index >= 15 is 0 Å². The molecule has 0 saturated carbocycles. The number of aliphatic carboxylic acids is 1. The lowest BCUT2D eigenvalue weighted by atomic mass is 9.88. The molecule has 188 valence electrons. The van der Waals surface area contributed by atoms with Gasteiger partial charge in [-0.25, -0.2) is 4.79 Å². The number of amides is 2. The Balaban J connectivity index is 1.52. The summed E-state index contributed by atoms with van der Waals surface area (Å²) in [5, 5.41) is 14.5. The van der Waals surface area contributed by atoms with Gasteiger partial charge in [0, 0.05) is 13.0 Å². The van der Waals surface area contributed by atoms with Gasteiger partial charge >= 0.3 is 12.1 Å². The molecule has 2 atom stereocenters. The van der Waals surface area contributed by atoms with E-state index < -0.39 is 23.1 Å². The molecule has 2 aliphatic heterocycles. The number of rotatable bonds is 6. The van der Waals surface area contributed by atoms with E-state index in [-0.39, 0.29) is 44.7 Å². The van der Waals surface area contributed by atoms with Crippen molar-refractivity contribution in [2.75, 3.05) is 18.1 Å². The van der Waals surface area contributed by atoms with E-state index in [1.807, 2.05) is 58.0 Å². The Morgan fingerprint density at radius 1 is 1.23 bits per heavy atom. The van der Waals surface area contributed by atoms with Gasteiger partial charge in [-0.2, -0.15) is 5.10 Å². The van der Waals surface area contributed by atoms with Crippen LogP contribution in [-0.4, -0.2) is 62.6 Å². The van der Waals surface area contributed by atoms with Crippen LogP contribution in [0.1, 0.15) is 45.4 Å². The zero-order chi connectivity index (χ0) is 25.4. The molecule has 0 aliphatic carbocycles. The first-order chi connectivity index (χ1) is 16.5. The van der Waals surface area contributed by atoms with E-state index in [2.05, 4.69) is 5.10 Å². The van der Waals surface area contributed by atoms with Gasteiger partial charge in [0.2, 0.25) is 5.91 Å². The van der Waals surface area contributed by atoms with Gasteiger partial charge in [0.05, 0.1) is 49.9 Å². The topological polar surface area (TPSA) is 114 Å². The highest BCUT2D eigenvalue weighted by Gasteiger charge is 2.51. The molecule has 0 radical (unpaired) electrons. The van der Waals surface area contributed by atoms with Gasteiger partial charge in [-0.15, -0.1) is 0 Å². The van der Waals surface area contributed by atoms with E-state index in [9.17, 15) is 19.5 Å². The predicted octanol–water partition coefficient (Wildman–Crippen LogP) is 3.05. The highest BCUT2D eigenvalue weighted by Crippen LogP contribution is 2.38. The average Bonchev–Trinajstić information content (AvgIpc) is 3.33. The molecule has 4 rings (SSSR count). The molecule has 1 fully saturated rings. The first-order valence-corrected chi connectivity index (χ1v) is 11.7. The second-order valence-corrected chi connectivity index (χ2v) is 10.3. The van der Waals surface area contributed by atoms with Gasteiger partial charge in [-0.3, -0.25) is 19.2 Å². The molecule has 2 amide bonds. The number of anilines is 1. The van der Waals surface area contributed by atoms with Crippen molar-refractivity contribution in [1.82, 2.24) is 14.7 Å². The Hall–Kier alpha value is -3.40. The minimum atomic E-state index is -1.37. The molecular formula is C25H32N4O6. The Labute approximate surface area is 204 Å². The minimum absolute atomic E-state index is 0.0311. The third-order valence-electron chi connectivity index (χ3n) is 6.33. The molecule has 10 heteroatoms. The maximum absolute atomic E-state index is 13.0. The Kier molecular flexibility index (Phi) is 6.59. The van der Waals surface area contributed by atoms with E-state index in [4.69, 9.17) is 9.47 Å². The number of ether oxygens (including phenoxy) is 2. The number of nitrogens with zero attached hydrogens (tertiary/aromatic N) is 4. The maximum Gasteiger partial charge on any atom is 0.410 e. The van der Waals surface area contributed by atoms with Gasteiger partial charge < -0.3 is 19.5 Å². The monoisotopic (exact) mass is 484 g/mol. The van der Waals surface area contributed by atoms with Crippen molar-refractivity contribution in [2.24, 2.45) is 5.41 Å². The van der Waals surface area contributed by atoms with E-state index in [1.165, 1.54) is 4.90 Å². The lowest BCUT2D eigenvalue weighted by Crippen LogP contribution is -2.47. The summed E-state index contributed by atoms with van der Waals surface area (Å²) in [5.74, 6) is -1.39. The third kappa shape index (κ3) is 5.17. The van der Waals surface area contributed by atoms with Crippen molar-refractivity contribution >= 4 is 23.7 Å². The van der Waals surface area contributed by atoms with Crippen LogP contribution >= 0.6 is 0 Å². The van der Waals surface area contributed by atoms with Gasteiger partial charge in [-0.05, 0) is 33.3 Å². The summed E-state index contributed by atoms with van der Waals surface area (Å²) in [5.41, 5.74) is 0.114. The van der Waals surface area contributed by atoms with Gasteiger partial charge in [0.15, 0.2) is 0 Å². The van der Waals surface area contributed by atoms with E-state index in [0.717, 1.165) is 5.56 Å². The van der Waals surface area contributed by atoms with Crippen LogP contribution in [0.15, 0.2) is 36.5 Å². The fourth-order valence-electron chi connectivity index (χ4n) is 4.47. The molecule has 1 aromatic carbocycles. The number of carboxylic acids is 1. The van der Waals surface area contributed by atoms with Gasteiger partial charge in [-0.1, -0.05) is 30.3 Å². The second kappa shape index (κ2) is 9.33. The quantitative estimate of drug-likeness (QED) is 0.670. The molecule has 1 aromatic heterocycles. The number of carboxylic acid groups (broad SMARTS) is 1. The fraction of sp³-hybridized carbons (Fsp3) is 0.520. The Morgan fingerprint density at radius 2 is 1.94 bits per heavy atom. The molecule has 0 spiro atoms. The first kappa shape index (κ1) is 24.7. The smallest absolute Gasteiger partial charge is 0.410 e. The SMILES string of the molecule is C[C@H]1Cn2ncc(N3CC(COCc4ccccc4)(C(=O)O)CC3=O)c2CN1C(=O)OC(C)(C)C. The summed E-state index contributed by atoms with van der Waals surface area (Å²) in [6.07, 6.45) is 0.959. The van der Waals surface area contributed by atoms with Crippen LogP contribution in [0.4, 0.5) is 10.5 Å². The van der Waals surface area contributed by atoms with Crippen molar-refractivity contribution in [3.63, 3.8) is 0 Å². The number of hydrogen-bond acceptors (Lipinski definition) is 6. The standard InChI is InChI=1S/C25H32N4O6/c1-17-12-29-20(13-27(17)23(33)35-24(2,3)4)19(11-26-29)28-15-25(22(31)32,10-21(28)30)16-34-14-18-8-6-5-7-9-18/h5-9,11,17H,10,12-16H2,1-4H3,(H,31,32)/t17-,25?/m0/s1. The number of aromatic nitrogens is 2. The minimum Gasteiger partial charge on any atom is -0.481 e. The van der Waals surface area contributed by atoms with E-state index in [1.54, 1.807) is 15.8 Å². The van der Waals surface area contributed by atoms with Gasteiger partial charge in [0.25, 0.3) is 0 Å². The van der Waals surface area contributed by atoms with E-state index in [0.29, 0.717) is 17.9 Å². The molecule has 2 aliphatic rings. The van der Waals surface area contributed by atoms with Crippen molar-refractivity contribution in [2.45, 2.75) is 65.5 Å². The van der Waals surface area contributed by atoms with Crippen molar-refractivity contribution in [3.05, 3.63) is 47.8 Å². The molecule has 1 N–H and O–H groups in total. The Morgan fingerprint density at radius 3 is 2.60 bits per heavy atom. The van der Waals surface area contributed by atoms with Crippen LogP contribution in [0.25, 0.3) is 0 Å². The third-order valence-corrected chi connectivity index (χ3v) is 6.33. The molecule has 1 unspecified atom stereocenters. The summed E-state index contributed by atoms with van der Waals surface area (Å²) in [7, 11) is 0. The van der Waals surface area contributed by atoms with Crippen LogP contribution < -0.4 is 4.90 Å². The maximum atomic E-state index is 13.0. The molecular weight excluding hydrogens is 452 g/mol. The molecule has 35 heavy (non-hydrogen) atoms. The molecule has 10 nitrogen and oxygen atoms in total. The van der Waals surface area contributed by atoms with Crippen molar-refractivity contribution in [3.8, 4) is 0 Å². The van der Waals surface area contributed by atoms with Gasteiger partial charge in [0.1, 0.15) is 11.0 Å². The number of fused-ring (bicyclic) bond motifs is 1. The van der Waals surface area contributed by atoms with Crippen LogP contribution in [0, 0.1) is 5.41 Å². The van der Waals surface area contributed by atoms with Crippen LogP contribution in [0.5, 0.6) is 0 Å². The zero-order valence-electron chi connectivity index (χ0n) is 20.6. The molecule has 3 heterocycles. The van der Waals surface area contributed by atoms with Crippen LogP contribution in [0.3, 0.4) is 0 Å². The summed E-state index contributed by atoms with van der Waals surface area (Å²) in [6.45, 7) is 8.13. The van der Waals surface area contributed by atoms with Crippen LogP contribution in [0.2, 0.25) is 0 Å². The summed E-state index contributed by atoms with van der Waals surface area (Å²) in [4.78, 5) is 41.2. The number of benzene rings is 1. The largest absolute Gasteiger partial charge is 0.481 e. The normalized spacial score (nSPS) is 22.3. The second-order valence-electron chi connectivity index (χ2n) is 10.3. The van der Waals surface area contributed by atoms with Crippen molar-refractivity contribution in [1.29, 1.82) is 0 Å². The highest BCUT2D eigenvalue weighted by molar-refractivity contribution is 6.01. The molecule has 0 bridgehead atoms. The first-order valence-electron chi connectivity index (χ1n) is 11.7. The summed E-state index contributed by atoms with van der Waals surface area (Å²) >= 11 is 0. The number of carbonyl (C=O) groups is 3. The zero-order valence-corrected chi connectivity index (χ0v) is 20.6. The van der Waals surface area contributed by atoms with Crippen molar-refractivity contribution < 1.29 is 29.0 Å². The fourth-order valence-corrected chi connectivity index (χ4v) is 4.47. The summed E-state index contributed by atoms with van der Waals surface area (Å²) < 4.78 is 13.1. The Bertz CT molecular complexity index is 1110. The summed E-state index contributed by atoms with van der Waals surface area (Å²) in [6, 6.07) is 9.32. The highest BCUT2D eigenvalue weighted by atomic mass is 16.6.